The van der Waals surface area contributed by atoms with E-state index in [0.717, 1.165) is 24.6 Å². The zero-order chi connectivity index (χ0) is 11.1. The molecule has 1 N–H and O–H groups in total. The van der Waals surface area contributed by atoms with Crippen LogP contribution in [0.2, 0.25) is 0 Å². The minimum absolute atomic E-state index is 0.209. The number of nitrogens with zero attached hydrogens (tertiary/aromatic N) is 3. The van der Waals surface area contributed by atoms with Crippen molar-refractivity contribution in [3.05, 3.63) is 33.5 Å². The summed E-state index contributed by atoms with van der Waals surface area (Å²) in [4.78, 5) is 5.98. The third-order valence-electron chi connectivity index (χ3n) is 2.95. The second kappa shape index (κ2) is 3.68. The minimum Gasteiger partial charge on any atom is -0.303 e. The highest BCUT2D eigenvalue weighted by Gasteiger charge is 2.25. The molecule has 0 amide bonds. The summed E-state index contributed by atoms with van der Waals surface area (Å²) in [6, 6.07) is 2.40. The first-order chi connectivity index (χ1) is 7.75. The molecule has 16 heavy (non-hydrogen) atoms. The predicted octanol–water partition coefficient (Wildman–Crippen LogP) is 1.42. The lowest BCUT2D eigenvalue weighted by atomic mass is 10.0. The molecule has 0 fully saturated rings. The fraction of sp³-hybridized carbons (Fsp3) is 0.455. The third kappa shape index (κ3) is 1.47. The number of aryl methyl sites for hydroxylation is 2. The predicted molar refractivity (Wildman–Crippen MR) is 63.6 cm³/mol. The number of nitrogens with one attached hydrogen (secondary N) is 1. The van der Waals surface area contributed by atoms with Gasteiger partial charge in [-0.1, -0.05) is 0 Å². The van der Waals surface area contributed by atoms with Crippen molar-refractivity contribution >= 4 is 11.3 Å². The van der Waals surface area contributed by atoms with Gasteiger partial charge >= 0.3 is 0 Å². The van der Waals surface area contributed by atoms with Crippen molar-refractivity contribution in [3.63, 3.8) is 0 Å². The van der Waals surface area contributed by atoms with Gasteiger partial charge in [-0.2, -0.15) is 5.10 Å². The Bertz CT molecular complexity index is 514. The van der Waals surface area contributed by atoms with Gasteiger partial charge in [-0.25, -0.2) is 4.98 Å². The van der Waals surface area contributed by atoms with E-state index >= 15 is 0 Å². The lowest BCUT2D eigenvalue weighted by molar-refractivity contribution is 0.523. The Morgan fingerprint density at radius 2 is 2.44 bits per heavy atom. The van der Waals surface area contributed by atoms with E-state index in [2.05, 4.69) is 26.8 Å². The second-order valence-corrected chi connectivity index (χ2v) is 5.08. The number of rotatable bonds is 1. The van der Waals surface area contributed by atoms with Crippen molar-refractivity contribution in [3.8, 4) is 0 Å². The van der Waals surface area contributed by atoms with E-state index in [0.29, 0.717) is 0 Å². The van der Waals surface area contributed by atoms with Crippen molar-refractivity contribution in [2.75, 3.05) is 6.54 Å². The van der Waals surface area contributed by atoms with Crippen LogP contribution in [-0.2, 0) is 13.5 Å². The molecule has 84 valence electrons. The highest BCUT2D eigenvalue weighted by atomic mass is 32.1. The number of fused-ring (bicyclic) bond motifs is 1. The fourth-order valence-electron chi connectivity index (χ4n) is 2.26. The molecule has 4 nitrogen and oxygen atoms in total. The van der Waals surface area contributed by atoms with E-state index in [-0.39, 0.29) is 6.04 Å². The largest absolute Gasteiger partial charge is 0.303 e. The third-order valence-corrected chi connectivity index (χ3v) is 3.95. The van der Waals surface area contributed by atoms with Crippen molar-refractivity contribution in [2.24, 2.45) is 7.05 Å². The Morgan fingerprint density at radius 1 is 1.56 bits per heavy atom. The standard InChI is InChI=1S/C11H14N4S/c1-7-13-11(15(2)14-7)10-8-4-6-16-9(8)3-5-12-10/h4,6,10,12H,3,5H2,1-2H3. The van der Waals surface area contributed by atoms with E-state index in [1.807, 2.05) is 30.0 Å². The van der Waals surface area contributed by atoms with Crippen molar-refractivity contribution in [1.29, 1.82) is 0 Å². The number of thiophene rings is 1. The monoisotopic (exact) mass is 234 g/mol. The molecule has 1 aliphatic rings. The van der Waals surface area contributed by atoms with Gasteiger partial charge < -0.3 is 5.32 Å². The van der Waals surface area contributed by atoms with Crippen LogP contribution < -0.4 is 5.32 Å². The molecule has 1 aliphatic heterocycles. The van der Waals surface area contributed by atoms with Crippen LogP contribution in [0.5, 0.6) is 0 Å². The van der Waals surface area contributed by atoms with Gasteiger partial charge in [0.15, 0.2) is 0 Å². The molecular weight excluding hydrogens is 220 g/mol. The average molecular weight is 234 g/mol. The molecule has 5 heteroatoms. The molecule has 0 saturated heterocycles. The zero-order valence-corrected chi connectivity index (χ0v) is 10.2. The fourth-order valence-corrected chi connectivity index (χ4v) is 3.18. The van der Waals surface area contributed by atoms with Crippen LogP contribution in [0.25, 0.3) is 0 Å². The van der Waals surface area contributed by atoms with E-state index in [1.165, 1.54) is 10.4 Å². The van der Waals surface area contributed by atoms with Crippen molar-refractivity contribution in [2.45, 2.75) is 19.4 Å². The molecule has 2 aromatic heterocycles. The van der Waals surface area contributed by atoms with E-state index in [4.69, 9.17) is 0 Å². The Labute approximate surface area is 98.3 Å². The van der Waals surface area contributed by atoms with E-state index in [9.17, 15) is 0 Å². The van der Waals surface area contributed by atoms with Gasteiger partial charge in [-0.15, -0.1) is 11.3 Å². The molecule has 0 aromatic carbocycles. The molecule has 1 atom stereocenters. The molecule has 0 saturated carbocycles. The van der Waals surface area contributed by atoms with Gasteiger partial charge in [0.2, 0.25) is 0 Å². The molecule has 2 aromatic rings. The highest BCUT2D eigenvalue weighted by molar-refractivity contribution is 7.10. The maximum absolute atomic E-state index is 4.51. The maximum Gasteiger partial charge on any atom is 0.148 e. The van der Waals surface area contributed by atoms with Crippen LogP contribution in [0.1, 0.15) is 28.1 Å². The summed E-state index contributed by atoms with van der Waals surface area (Å²) in [6.07, 6.45) is 1.13. The van der Waals surface area contributed by atoms with Crippen LogP contribution in [0.3, 0.4) is 0 Å². The zero-order valence-electron chi connectivity index (χ0n) is 9.40. The molecule has 1 unspecified atom stereocenters. The van der Waals surface area contributed by atoms with E-state index in [1.54, 1.807) is 0 Å². The van der Waals surface area contributed by atoms with Gasteiger partial charge in [0.05, 0.1) is 6.04 Å². The Balaban J connectivity index is 2.07. The summed E-state index contributed by atoms with van der Waals surface area (Å²) >= 11 is 1.84. The van der Waals surface area contributed by atoms with Crippen molar-refractivity contribution < 1.29 is 0 Å². The first-order valence-corrected chi connectivity index (χ1v) is 6.31. The van der Waals surface area contributed by atoms with Crippen LogP contribution in [-0.4, -0.2) is 21.3 Å². The Kier molecular flexibility index (Phi) is 2.29. The SMILES string of the molecule is Cc1nc(C2NCCc3sccc32)n(C)n1. The average Bonchev–Trinajstić information content (AvgIpc) is 2.84. The van der Waals surface area contributed by atoms with Crippen LogP contribution in [0.4, 0.5) is 0 Å². The molecule has 3 heterocycles. The molecule has 0 bridgehead atoms. The van der Waals surface area contributed by atoms with Gasteiger partial charge in [0.25, 0.3) is 0 Å². The number of hydrogen-bond acceptors (Lipinski definition) is 4. The van der Waals surface area contributed by atoms with Crippen LogP contribution >= 0.6 is 11.3 Å². The molecule has 0 radical (unpaired) electrons. The molecule has 3 rings (SSSR count). The lowest BCUT2D eigenvalue weighted by Gasteiger charge is -2.23. The highest BCUT2D eigenvalue weighted by Crippen LogP contribution is 2.30. The first-order valence-electron chi connectivity index (χ1n) is 5.43. The summed E-state index contributed by atoms with van der Waals surface area (Å²) in [5, 5.41) is 9.99. The van der Waals surface area contributed by atoms with Crippen LogP contribution in [0.15, 0.2) is 11.4 Å². The Morgan fingerprint density at radius 3 is 3.19 bits per heavy atom. The summed E-state index contributed by atoms with van der Waals surface area (Å²) in [7, 11) is 1.96. The van der Waals surface area contributed by atoms with Gasteiger partial charge in [0, 0.05) is 18.5 Å². The number of aromatic nitrogens is 3. The van der Waals surface area contributed by atoms with Crippen molar-refractivity contribution in [1.82, 2.24) is 20.1 Å². The quantitative estimate of drug-likeness (QED) is 0.811. The summed E-state index contributed by atoms with van der Waals surface area (Å²) < 4.78 is 1.87. The van der Waals surface area contributed by atoms with Gasteiger partial charge in [-0.05, 0) is 30.4 Å². The van der Waals surface area contributed by atoms with Gasteiger partial charge in [0.1, 0.15) is 11.6 Å². The minimum atomic E-state index is 0.209. The summed E-state index contributed by atoms with van der Waals surface area (Å²) in [5.74, 6) is 1.85. The number of hydrogen-bond donors (Lipinski definition) is 1. The van der Waals surface area contributed by atoms with Crippen LogP contribution in [0, 0.1) is 6.92 Å². The maximum atomic E-state index is 4.51. The normalized spacial score (nSPS) is 19.8. The lowest BCUT2D eigenvalue weighted by Crippen LogP contribution is -2.31. The summed E-state index contributed by atoms with van der Waals surface area (Å²) in [5.41, 5.74) is 1.37. The topological polar surface area (TPSA) is 42.7 Å². The van der Waals surface area contributed by atoms with Gasteiger partial charge in [-0.3, -0.25) is 4.68 Å². The summed E-state index contributed by atoms with van der Waals surface area (Å²) in [6.45, 7) is 2.95. The van der Waals surface area contributed by atoms with E-state index < -0.39 is 0 Å². The smallest absolute Gasteiger partial charge is 0.148 e. The molecule has 0 aliphatic carbocycles. The Hall–Kier alpha value is -1.20. The first kappa shape index (κ1) is 9.99. The molecule has 0 spiro atoms. The molecular formula is C11H14N4S. The second-order valence-electron chi connectivity index (χ2n) is 4.08.